The summed E-state index contributed by atoms with van der Waals surface area (Å²) in [5.74, 6) is 0. The predicted octanol–water partition coefficient (Wildman–Crippen LogP) is 3.11. The topological polar surface area (TPSA) is 37.8 Å². The number of rotatable bonds is 2. The zero-order valence-corrected chi connectivity index (χ0v) is 11.5. The fourth-order valence-corrected chi connectivity index (χ4v) is 3.54. The molecular formula is C14H17N3S. The van der Waals surface area contributed by atoms with E-state index >= 15 is 0 Å². The first-order valence-corrected chi connectivity index (χ1v) is 7.19. The SMILES string of the molecule is CNC1CCCc2sc(-c3ccc(C)cn3)nc21. The van der Waals surface area contributed by atoms with Gasteiger partial charge in [-0.2, -0.15) is 0 Å². The Morgan fingerprint density at radius 3 is 3.00 bits per heavy atom. The largest absolute Gasteiger partial charge is 0.312 e. The van der Waals surface area contributed by atoms with Gasteiger partial charge in [0.2, 0.25) is 0 Å². The van der Waals surface area contributed by atoms with Crippen molar-refractivity contribution in [3.8, 4) is 10.7 Å². The Bertz CT molecular complexity index is 545. The predicted molar refractivity (Wildman–Crippen MR) is 74.8 cm³/mol. The van der Waals surface area contributed by atoms with Crippen molar-refractivity contribution in [2.75, 3.05) is 7.05 Å². The zero-order chi connectivity index (χ0) is 12.5. The molecule has 0 radical (unpaired) electrons. The van der Waals surface area contributed by atoms with Crippen LogP contribution in [0.25, 0.3) is 10.7 Å². The number of pyridine rings is 1. The molecule has 1 aliphatic carbocycles. The lowest BCUT2D eigenvalue weighted by Crippen LogP contribution is -2.21. The number of hydrogen-bond donors (Lipinski definition) is 1. The number of aromatic nitrogens is 2. The molecule has 2 aromatic rings. The Hall–Kier alpha value is -1.26. The minimum Gasteiger partial charge on any atom is -0.312 e. The van der Waals surface area contributed by atoms with Gasteiger partial charge in [0.05, 0.1) is 17.4 Å². The van der Waals surface area contributed by atoms with Gasteiger partial charge in [-0.1, -0.05) is 6.07 Å². The van der Waals surface area contributed by atoms with Crippen LogP contribution >= 0.6 is 11.3 Å². The van der Waals surface area contributed by atoms with Gasteiger partial charge >= 0.3 is 0 Å². The van der Waals surface area contributed by atoms with Crippen molar-refractivity contribution >= 4 is 11.3 Å². The number of fused-ring (bicyclic) bond motifs is 1. The highest BCUT2D eigenvalue weighted by molar-refractivity contribution is 7.15. The second-order valence-electron chi connectivity index (χ2n) is 4.78. The molecule has 1 N–H and O–H groups in total. The Labute approximate surface area is 111 Å². The van der Waals surface area contributed by atoms with E-state index in [0.717, 1.165) is 17.1 Å². The van der Waals surface area contributed by atoms with E-state index in [0.29, 0.717) is 6.04 Å². The van der Waals surface area contributed by atoms with Crippen LogP contribution in [-0.2, 0) is 6.42 Å². The van der Waals surface area contributed by atoms with Gasteiger partial charge < -0.3 is 5.32 Å². The van der Waals surface area contributed by atoms with Gasteiger partial charge in [-0.25, -0.2) is 4.98 Å². The summed E-state index contributed by atoms with van der Waals surface area (Å²) in [7, 11) is 2.02. The molecule has 1 aliphatic rings. The third kappa shape index (κ3) is 2.06. The summed E-state index contributed by atoms with van der Waals surface area (Å²) >= 11 is 1.80. The van der Waals surface area contributed by atoms with Crippen LogP contribution in [0.5, 0.6) is 0 Å². The molecular weight excluding hydrogens is 242 g/mol. The van der Waals surface area contributed by atoms with E-state index in [1.165, 1.54) is 29.0 Å². The lowest BCUT2D eigenvalue weighted by atomic mass is 9.98. The molecule has 3 rings (SSSR count). The van der Waals surface area contributed by atoms with Gasteiger partial charge in [0.15, 0.2) is 0 Å². The van der Waals surface area contributed by atoms with Crippen LogP contribution in [0.3, 0.4) is 0 Å². The number of nitrogens with zero attached hydrogens (tertiary/aromatic N) is 2. The number of thiazole rings is 1. The molecule has 4 heteroatoms. The van der Waals surface area contributed by atoms with Crippen LogP contribution in [0.15, 0.2) is 18.3 Å². The molecule has 2 heterocycles. The van der Waals surface area contributed by atoms with E-state index in [-0.39, 0.29) is 0 Å². The van der Waals surface area contributed by atoms with Crippen molar-refractivity contribution in [2.45, 2.75) is 32.2 Å². The lowest BCUT2D eigenvalue weighted by Gasteiger charge is -2.19. The number of nitrogens with one attached hydrogen (secondary N) is 1. The molecule has 3 nitrogen and oxygen atoms in total. The Morgan fingerprint density at radius 1 is 1.39 bits per heavy atom. The summed E-state index contributed by atoms with van der Waals surface area (Å²) in [6, 6.07) is 4.58. The van der Waals surface area contributed by atoms with Crippen molar-refractivity contribution in [2.24, 2.45) is 0 Å². The van der Waals surface area contributed by atoms with Crippen molar-refractivity contribution in [3.05, 3.63) is 34.5 Å². The average Bonchev–Trinajstić information content (AvgIpc) is 2.83. The maximum Gasteiger partial charge on any atom is 0.142 e. The lowest BCUT2D eigenvalue weighted by molar-refractivity contribution is 0.490. The second kappa shape index (κ2) is 4.78. The van der Waals surface area contributed by atoms with Gasteiger partial charge in [0, 0.05) is 11.1 Å². The fourth-order valence-electron chi connectivity index (χ4n) is 2.40. The van der Waals surface area contributed by atoms with E-state index in [4.69, 9.17) is 4.98 Å². The average molecular weight is 259 g/mol. The molecule has 1 unspecified atom stereocenters. The standard InChI is InChI=1S/C14H17N3S/c1-9-6-7-11(16-8-9)14-17-13-10(15-2)4-3-5-12(13)18-14/h6-8,10,15H,3-5H2,1-2H3. The summed E-state index contributed by atoms with van der Waals surface area (Å²) in [5, 5.41) is 4.42. The Morgan fingerprint density at radius 2 is 2.28 bits per heavy atom. The van der Waals surface area contributed by atoms with E-state index in [2.05, 4.69) is 29.4 Å². The van der Waals surface area contributed by atoms with Crippen LogP contribution in [0.2, 0.25) is 0 Å². The molecule has 0 aliphatic heterocycles. The Balaban J connectivity index is 1.99. The van der Waals surface area contributed by atoms with Gasteiger partial charge in [0.1, 0.15) is 5.01 Å². The highest BCUT2D eigenvalue weighted by atomic mass is 32.1. The highest BCUT2D eigenvalue weighted by Gasteiger charge is 2.23. The summed E-state index contributed by atoms with van der Waals surface area (Å²) in [5.41, 5.74) is 3.43. The molecule has 0 saturated carbocycles. The monoisotopic (exact) mass is 259 g/mol. The van der Waals surface area contributed by atoms with Crippen LogP contribution < -0.4 is 5.32 Å². The van der Waals surface area contributed by atoms with Crippen molar-refractivity contribution in [1.82, 2.24) is 15.3 Å². The molecule has 0 saturated heterocycles. The normalized spacial score (nSPS) is 18.7. The maximum absolute atomic E-state index is 4.80. The number of aryl methyl sites for hydroxylation is 2. The first kappa shape index (κ1) is 11.8. The quantitative estimate of drug-likeness (QED) is 0.900. The second-order valence-corrected chi connectivity index (χ2v) is 5.87. The van der Waals surface area contributed by atoms with Crippen molar-refractivity contribution in [3.63, 3.8) is 0 Å². The molecule has 2 aromatic heterocycles. The number of hydrogen-bond acceptors (Lipinski definition) is 4. The van der Waals surface area contributed by atoms with Crippen LogP contribution in [-0.4, -0.2) is 17.0 Å². The minimum absolute atomic E-state index is 0.421. The van der Waals surface area contributed by atoms with Gasteiger partial charge in [-0.3, -0.25) is 4.98 Å². The first-order valence-electron chi connectivity index (χ1n) is 6.38. The van der Waals surface area contributed by atoms with Crippen LogP contribution in [0.1, 0.15) is 35.0 Å². The highest BCUT2D eigenvalue weighted by Crippen LogP contribution is 2.36. The molecule has 1 atom stereocenters. The van der Waals surface area contributed by atoms with Crippen molar-refractivity contribution < 1.29 is 0 Å². The smallest absolute Gasteiger partial charge is 0.142 e. The molecule has 94 valence electrons. The summed E-state index contributed by atoms with van der Waals surface area (Å²) < 4.78 is 0. The molecule has 0 aromatic carbocycles. The molecule has 0 fully saturated rings. The van der Waals surface area contributed by atoms with E-state index in [1.54, 1.807) is 11.3 Å². The third-order valence-corrected chi connectivity index (χ3v) is 4.59. The van der Waals surface area contributed by atoms with Gasteiger partial charge in [-0.15, -0.1) is 11.3 Å². The molecule has 0 bridgehead atoms. The summed E-state index contributed by atoms with van der Waals surface area (Å²) in [6.45, 7) is 2.06. The third-order valence-electron chi connectivity index (χ3n) is 3.43. The Kier molecular flexibility index (Phi) is 3.14. The van der Waals surface area contributed by atoms with Crippen LogP contribution in [0, 0.1) is 6.92 Å². The van der Waals surface area contributed by atoms with Gasteiger partial charge in [0.25, 0.3) is 0 Å². The molecule has 0 amide bonds. The van der Waals surface area contributed by atoms with E-state index in [9.17, 15) is 0 Å². The van der Waals surface area contributed by atoms with Gasteiger partial charge in [-0.05, 0) is 44.9 Å². The first-order chi connectivity index (χ1) is 8.78. The van der Waals surface area contributed by atoms with E-state index < -0.39 is 0 Å². The van der Waals surface area contributed by atoms with Crippen molar-refractivity contribution in [1.29, 1.82) is 0 Å². The maximum atomic E-state index is 4.80. The molecule has 0 spiro atoms. The fraction of sp³-hybridized carbons (Fsp3) is 0.429. The zero-order valence-electron chi connectivity index (χ0n) is 10.7. The summed E-state index contributed by atoms with van der Waals surface area (Å²) in [6.07, 6.45) is 5.51. The van der Waals surface area contributed by atoms with Crippen LogP contribution in [0.4, 0.5) is 0 Å². The molecule has 18 heavy (non-hydrogen) atoms. The summed E-state index contributed by atoms with van der Waals surface area (Å²) in [4.78, 5) is 10.7. The van der Waals surface area contributed by atoms with E-state index in [1.807, 2.05) is 13.2 Å². The minimum atomic E-state index is 0.421.